The lowest BCUT2D eigenvalue weighted by molar-refractivity contribution is 0.195. The van der Waals surface area contributed by atoms with Gasteiger partial charge >= 0.3 is 0 Å². The van der Waals surface area contributed by atoms with Crippen LogP contribution in [0.15, 0.2) is 18.2 Å². The van der Waals surface area contributed by atoms with Gasteiger partial charge in [-0.2, -0.15) is 0 Å². The van der Waals surface area contributed by atoms with E-state index in [1.807, 2.05) is 12.1 Å². The average Bonchev–Trinajstić information content (AvgIpc) is 1.81. The SMILES string of the molecule is CC(O)Cc1cc(N)cc(N)c1. The van der Waals surface area contributed by atoms with E-state index in [9.17, 15) is 0 Å². The number of benzene rings is 1. The first-order valence-electron chi connectivity index (χ1n) is 3.91. The molecule has 12 heavy (non-hydrogen) atoms. The highest BCUT2D eigenvalue weighted by Gasteiger charge is 2.00. The second kappa shape index (κ2) is 3.45. The van der Waals surface area contributed by atoms with Gasteiger partial charge in [0.25, 0.3) is 0 Å². The van der Waals surface area contributed by atoms with Crippen molar-refractivity contribution in [2.24, 2.45) is 0 Å². The van der Waals surface area contributed by atoms with Gasteiger partial charge in [-0.3, -0.25) is 0 Å². The van der Waals surface area contributed by atoms with Crippen LogP contribution in [0.4, 0.5) is 11.4 Å². The lowest BCUT2D eigenvalue weighted by Gasteiger charge is -2.06. The molecular weight excluding hydrogens is 152 g/mol. The van der Waals surface area contributed by atoms with Crippen LogP contribution >= 0.6 is 0 Å². The average molecular weight is 166 g/mol. The van der Waals surface area contributed by atoms with Crippen LogP contribution < -0.4 is 11.5 Å². The van der Waals surface area contributed by atoms with Crippen LogP contribution in [0, 0.1) is 0 Å². The lowest BCUT2D eigenvalue weighted by atomic mass is 10.1. The van der Waals surface area contributed by atoms with Crippen LogP contribution in [0.5, 0.6) is 0 Å². The lowest BCUT2D eigenvalue weighted by Crippen LogP contribution is -2.05. The second-order valence-electron chi connectivity index (χ2n) is 3.06. The van der Waals surface area contributed by atoms with Gasteiger partial charge in [-0.15, -0.1) is 0 Å². The van der Waals surface area contributed by atoms with Gasteiger partial charge in [0.15, 0.2) is 0 Å². The van der Waals surface area contributed by atoms with Crippen molar-refractivity contribution in [2.45, 2.75) is 19.4 Å². The number of anilines is 2. The van der Waals surface area contributed by atoms with Crippen LogP contribution in [0.3, 0.4) is 0 Å². The van der Waals surface area contributed by atoms with Crippen LogP contribution in [0.25, 0.3) is 0 Å². The van der Waals surface area contributed by atoms with Gasteiger partial charge in [-0.1, -0.05) is 0 Å². The minimum atomic E-state index is -0.355. The van der Waals surface area contributed by atoms with Crippen LogP contribution in [-0.4, -0.2) is 11.2 Å². The Morgan fingerprint density at radius 2 is 1.75 bits per heavy atom. The maximum atomic E-state index is 9.11. The highest BCUT2D eigenvalue weighted by molar-refractivity contribution is 5.54. The van der Waals surface area contributed by atoms with E-state index in [2.05, 4.69) is 0 Å². The molecule has 0 saturated carbocycles. The number of hydrogen-bond donors (Lipinski definition) is 3. The zero-order chi connectivity index (χ0) is 9.14. The molecular formula is C9H14N2O. The van der Waals surface area contributed by atoms with Crippen molar-refractivity contribution in [2.75, 3.05) is 11.5 Å². The quantitative estimate of drug-likeness (QED) is 0.568. The van der Waals surface area contributed by atoms with Crippen LogP contribution in [0.2, 0.25) is 0 Å². The van der Waals surface area contributed by atoms with Gasteiger partial charge in [-0.25, -0.2) is 0 Å². The monoisotopic (exact) mass is 166 g/mol. The first-order valence-corrected chi connectivity index (χ1v) is 3.91. The number of aliphatic hydroxyl groups excluding tert-OH is 1. The number of aliphatic hydroxyl groups is 1. The Kier molecular flexibility index (Phi) is 2.55. The predicted octanol–water partition coefficient (Wildman–Crippen LogP) is 0.774. The molecule has 1 aromatic carbocycles. The van der Waals surface area contributed by atoms with Crippen molar-refractivity contribution in [3.8, 4) is 0 Å². The maximum absolute atomic E-state index is 9.11. The van der Waals surface area contributed by atoms with E-state index >= 15 is 0 Å². The van der Waals surface area contributed by atoms with Crippen molar-refractivity contribution in [3.63, 3.8) is 0 Å². The third-order valence-electron chi connectivity index (χ3n) is 1.57. The Balaban J connectivity index is 2.85. The van der Waals surface area contributed by atoms with Gasteiger partial charge in [-0.05, 0) is 37.1 Å². The molecule has 1 aromatic rings. The van der Waals surface area contributed by atoms with Crippen LogP contribution in [0.1, 0.15) is 12.5 Å². The van der Waals surface area contributed by atoms with Gasteiger partial charge in [0.1, 0.15) is 0 Å². The predicted molar refractivity (Wildman–Crippen MR) is 50.7 cm³/mol. The summed E-state index contributed by atoms with van der Waals surface area (Å²) in [7, 11) is 0. The third-order valence-corrected chi connectivity index (χ3v) is 1.57. The molecule has 1 unspecified atom stereocenters. The number of nitrogen functional groups attached to an aromatic ring is 2. The summed E-state index contributed by atoms with van der Waals surface area (Å²) in [6.45, 7) is 1.74. The number of rotatable bonds is 2. The molecule has 0 bridgehead atoms. The fourth-order valence-electron chi connectivity index (χ4n) is 1.20. The summed E-state index contributed by atoms with van der Waals surface area (Å²) in [5.41, 5.74) is 13.4. The van der Waals surface area contributed by atoms with Crippen molar-refractivity contribution in [1.82, 2.24) is 0 Å². The van der Waals surface area contributed by atoms with E-state index in [4.69, 9.17) is 16.6 Å². The number of nitrogens with two attached hydrogens (primary N) is 2. The van der Waals surface area contributed by atoms with E-state index in [0.29, 0.717) is 17.8 Å². The maximum Gasteiger partial charge on any atom is 0.0552 e. The molecule has 0 aliphatic carbocycles. The molecule has 0 aromatic heterocycles. The summed E-state index contributed by atoms with van der Waals surface area (Å²) in [6.07, 6.45) is 0.237. The molecule has 0 fully saturated rings. The fourth-order valence-corrected chi connectivity index (χ4v) is 1.20. The summed E-state index contributed by atoms with van der Waals surface area (Å²) < 4.78 is 0. The molecule has 1 rings (SSSR count). The zero-order valence-corrected chi connectivity index (χ0v) is 7.12. The van der Waals surface area contributed by atoms with E-state index in [0.717, 1.165) is 5.56 Å². The molecule has 0 aliphatic heterocycles. The van der Waals surface area contributed by atoms with Crippen molar-refractivity contribution in [1.29, 1.82) is 0 Å². The first-order chi connectivity index (χ1) is 5.58. The largest absolute Gasteiger partial charge is 0.399 e. The summed E-state index contributed by atoms with van der Waals surface area (Å²) in [5.74, 6) is 0. The molecule has 0 saturated heterocycles. The number of hydrogen-bond acceptors (Lipinski definition) is 3. The zero-order valence-electron chi connectivity index (χ0n) is 7.12. The van der Waals surface area contributed by atoms with Crippen LogP contribution in [-0.2, 0) is 6.42 Å². The molecule has 5 N–H and O–H groups in total. The smallest absolute Gasteiger partial charge is 0.0552 e. The topological polar surface area (TPSA) is 72.3 Å². The second-order valence-corrected chi connectivity index (χ2v) is 3.06. The normalized spacial score (nSPS) is 12.8. The minimum Gasteiger partial charge on any atom is -0.399 e. The third kappa shape index (κ3) is 2.43. The van der Waals surface area contributed by atoms with Gasteiger partial charge < -0.3 is 16.6 Å². The highest BCUT2D eigenvalue weighted by atomic mass is 16.3. The fraction of sp³-hybridized carbons (Fsp3) is 0.333. The Morgan fingerprint density at radius 3 is 2.17 bits per heavy atom. The van der Waals surface area contributed by atoms with Gasteiger partial charge in [0.05, 0.1) is 6.10 Å². The molecule has 0 spiro atoms. The molecule has 0 aliphatic rings. The summed E-state index contributed by atoms with van der Waals surface area (Å²) in [4.78, 5) is 0. The van der Waals surface area contributed by atoms with E-state index < -0.39 is 0 Å². The van der Waals surface area contributed by atoms with Crippen molar-refractivity contribution >= 4 is 11.4 Å². The Labute approximate surface area is 72.0 Å². The Bertz CT molecular complexity index is 251. The minimum absolute atomic E-state index is 0.355. The van der Waals surface area contributed by atoms with Crippen molar-refractivity contribution < 1.29 is 5.11 Å². The Morgan fingerprint density at radius 1 is 1.25 bits per heavy atom. The molecule has 0 radical (unpaired) electrons. The van der Waals surface area contributed by atoms with E-state index in [1.165, 1.54) is 0 Å². The summed E-state index contributed by atoms with van der Waals surface area (Å²) in [5, 5.41) is 9.11. The summed E-state index contributed by atoms with van der Waals surface area (Å²) >= 11 is 0. The van der Waals surface area contributed by atoms with E-state index in [1.54, 1.807) is 13.0 Å². The molecule has 66 valence electrons. The molecule has 3 nitrogen and oxygen atoms in total. The van der Waals surface area contributed by atoms with Crippen molar-refractivity contribution in [3.05, 3.63) is 23.8 Å². The molecule has 1 atom stereocenters. The Hall–Kier alpha value is -1.22. The molecule has 3 heteroatoms. The molecule has 0 amide bonds. The standard InChI is InChI=1S/C9H14N2O/c1-6(12)2-7-3-8(10)5-9(11)4-7/h3-6,12H,2,10-11H2,1H3. The summed E-state index contributed by atoms with van der Waals surface area (Å²) in [6, 6.07) is 5.34. The van der Waals surface area contributed by atoms with Gasteiger partial charge in [0, 0.05) is 11.4 Å². The van der Waals surface area contributed by atoms with E-state index in [-0.39, 0.29) is 6.10 Å². The first kappa shape index (κ1) is 8.87. The highest BCUT2D eigenvalue weighted by Crippen LogP contribution is 2.14. The van der Waals surface area contributed by atoms with Gasteiger partial charge in [0.2, 0.25) is 0 Å². The molecule has 0 heterocycles.